The first-order valence-corrected chi connectivity index (χ1v) is 12.5. The first-order valence-electron chi connectivity index (χ1n) is 12.5. The maximum Gasteiger partial charge on any atom is 0.407 e. The van der Waals surface area contributed by atoms with Crippen LogP contribution in [0.4, 0.5) is 4.79 Å². The van der Waals surface area contributed by atoms with Crippen LogP contribution in [0.25, 0.3) is 11.1 Å². The Morgan fingerprint density at radius 2 is 1.60 bits per heavy atom. The Hall–Kier alpha value is -3.35. The number of carbonyl (C=O) groups excluding carboxylic acids is 2. The zero-order valence-corrected chi connectivity index (χ0v) is 20.4. The summed E-state index contributed by atoms with van der Waals surface area (Å²) in [5, 5.41) is 15.2. The Labute approximate surface area is 206 Å². The van der Waals surface area contributed by atoms with Gasteiger partial charge in [-0.05, 0) is 53.9 Å². The first-order chi connectivity index (χ1) is 16.8. The van der Waals surface area contributed by atoms with Gasteiger partial charge in [0.2, 0.25) is 5.91 Å². The summed E-state index contributed by atoms with van der Waals surface area (Å²) in [6.45, 7) is 4.04. The number of benzene rings is 2. The van der Waals surface area contributed by atoms with Crippen molar-refractivity contribution in [2.24, 2.45) is 11.8 Å². The van der Waals surface area contributed by atoms with E-state index in [1.165, 1.54) is 0 Å². The molecule has 186 valence electrons. The van der Waals surface area contributed by atoms with E-state index in [0.717, 1.165) is 41.5 Å². The fourth-order valence-corrected chi connectivity index (χ4v) is 5.31. The number of fused-ring (bicyclic) bond motifs is 3. The Kier molecular flexibility index (Phi) is 7.43. The first kappa shape index (κ1) is 24.8. The van der Waals surface area contributed by atoms with Crippen LogP contribution in [-0.4, -0.2) is 41.8 Å². The molecule has 2 aliphatic rings. The smallest absolute Gasteiger partial charge is 0.407 e. The number of amides is 2. The fraction of sp³-hybridized carbons (Fsp3) is 0.464. The van der Waals surface area contributed by atoms with Gasteiger partial charge >= 0.3 is 12.1 Å². The fourth-order valence-electron chi connectivity index (χ4n) is 5.31. The molecule has 1 atom stereocenters. The van der Waals surface area contributed by atoms with Crippen LogP contribution in [0.2, 0.25) is 0 Å². The minimum Gasteiger partial charge on any atom is -0.480 e. The van der Waals surface area contributed by atoms with Crippen molar-refractivity contribution in [1.29, 1.82) is 0 Å². The number of rotatable bonds is 8. The Morgan fingerprint density at radius 1 is 1.03 bits per heavy atom. The van der Waals surface area contributed by atoms with E-state index >= 15 is 0 Å². The summed E-state index contributed by atoms with van der Waals surface area (Å²) in [5.74, 6) is -1.48. The predicted molar refractivity (Wildman–Crippen MR) is 133 cm³/mol. The second-order valence-electron chi connectivity index (χ2n) is 9.84. The van der Waals surface area contributed by atoms with Gasteiger partial charge in [-0.25, -0.2) is 9.59 Å². The van der Waals surface area contributed by atoms with Gasteiger partial charge in [0, 0.05) is 12.5 Å². The number of carbonyl (C=O) groups is 3. The van der Waals surface area contributed by atoms with Crippen LogP contribution >= 0.6 is 0 Å². The SMILES string of the molecule is CCC1CCC(NC(=O)C(C)CNC(=O)OCC2c3ccccc3-c3ccccc32)(C(=O)O)CC1. The largest absolute Gasteiger partial charge is 0.480 e. The van der Waals surface area contributed by atoms with Crippen LogP contribution in [0.1, 0.15) is 63.0 Å². The van der Waals surface area contributed by atoms with E-state index in [4.69, 9.17) is 4.74 Å². The number of ether oxygens (including phenoxy) is 1. The molecule has 35 heavy (non-hydrogen) atoms. The molecule has 0 heterocycles. The lowest BCUT2D eigenvalue weighted by molar-refractivity contribution is -0.150. The Morgan fingerprint density at radius 3 is 2.14 bits per heavy atom. The maximum atomic E-state index is 12.8. The molecule has 0 radical (unpaired) electrons. The van der Waals surface area contributed by atoms with Gasteiger partial charge in [0.25, 0.3) is 0 Å². The lowest BCUT2D eigenvalue weighted by Crippen LogP contribution is -2.58. The molecule has 2 amide bonds. The highest BCUT2D eigenvalue weighted by atomic mass is 16.5. The third-order valence-corrected chi connectivity index (χ3v) is 7.65. The molecule has 0 spiro atoms. The van der Waals surface area contributed by atoms with E-state index < -0.39 is 23.5 Å². The van der Waals surface area contributed by atoms with E-state index in [1.807, 2.05) is 24.3 Å². The van der Waals surface area contributed by atoms with Crippen molar-refractivity contribution < 1.29 is 24.2 Å². The standard InChI is InChI=1S/C28H34N2O5/c1-3-19-12-14-28(15-13-19,26(32)33)30-25(31)18(2)16-29-27(34)35-17-24-22-10-6-4-8-20(22)21-9-5-7-11-23(21)24/h4-11,18-19,24H,3,12-17H2,1-2H3,(H,29,34)(H,30,31)(H,32,33). The minimum atomic E-state index is -1.22. The van der Waals surface area contributed by atoms with Crippen molar-refractivity contribution in [3.05, 3.63) is 59.7 Å². The Balaban J connectivity index is 1.29. The zero-order chi connectivity index (χ0) is 25.0. The number of alkyl carbamates (subject to hydrolysis) is 1. The van der Waals surface area contributed by atoms with Crippen molar-refractivity contribution in [3.8, 4) is 11.1 Å². The average molecular weight is 479 g/mol. The highest BCUT2D eigenvalue weighted by Gasteiger charge is 2.43. The van der Waals surface area contributed by atoms with Gasteiger partial charge in [0.05, 0.1) is 5.92 Å². The number of carboxylic acid groups (broad SMARTS) is 1. The van der Waals surface area contributed by atoms with Crippen LogP contribution in [0.15, 0.2) is 48.5 Å². The topological polar surface area (TPSA) is 105 Å². The molecule has 4 rings (SSSR count). The summed E-state index contributed by atoms with van der Waals surface area (Å²) in [4.78, 5) is 37.2. The normalized spacial score (nSPS) is 21.9. The Bertz CT molecular complexity index is 1040. The van der Waals surface area contributed by atoms with Gasteiger partial charge in [-0.2, -0.15) is 0 Å². The third kappa shape index (κ3) is 5.19. The minimum absolute atomic E-state index is 0.0393. The second kappa shape index (κ2) is 10.5. The average Bonchev–Trinajstić information content (AvgIpc) is 3.20. The highest BCUT2D eigenvalue weighted by molar-refractivity contribution is 5.88. The maximum absolute atomic E-state index is 12.8. The van der Waals surface area contributed by atoms with E-state index in [1.54, 1.807) is 6.92 Å². The summed E-state index contributed by atoms with van der Waals surface area (Å²) in [6.07, 6.45) is 2.86. The molecule has 1 unspecified atom stereocenters. The number of nitrogens with one attached hydrogen (secondary N) is 2. The van der Waals surface area contributed by atoms with Crippen LogP contribution in [-0.2, 0) is 14.3 Å². The third-order valence-electron chi connectivity index (χ3n) is 7.65. The van der Waals surface area contributed by atoms with Crippen LogP contribution in [0, 0.1) is 11.8 Å². The number of aliphatic carboxylic acids is 1. The number of hydrogen-bond acceptors (Lipinski definition) is 4. The van der Waals surface area contributed by atoms with Crippen LogP contribution in [0.3, 0.4) is 0 Å². The lowest BCUT2D eigenvalue weighted by Gasteiger charge is -2.37. The van der Waals surface area contributed by atoms with Crippen molar-refractivity contribution in [2.75, 3.05) is 13.2 Å². The molecule has 7 heteroatoms. The van der Waals surface area contributed by atoms with Crippen molar-refractivity contribution in [3.63, 3.8) is 0 Å². The van der Waals surface area contributed by atoms with Crippen molar-refractivity contribution >= 4 is 18.0 Å². The monoisotopic (exact) mass is 478 g/mol. The molecular formula is C28H34N2O5. The van der Waals surface area contributed by atoms with Crippen molar-refractivity contribution in [1.82, 2.24) is 10.6 Å². The molecule has 1 saturated carbocycles. The van der Waals surface area contributed by atoms with Crippen LogP contribution < -0.4 is 10.6 Å². The van der Waals surface area contributed by atoms with Gasteiger partial charge in [-0.3, -0.25) is 4.79 Å². The number of carboxylic acids is 1. The molecule has 2 aliphatic carbocycles. The van der Waals surface area contributed by atoms with E-state index in [2.05, 4.69) is 41.8 Å². The van der Waals surface area contributed by atoms with E-state index in [-0.39, 0.29) is 25.0 Å². The molecule has 7 nitrogen and oxygen atoms in total. The zero-order valence-electron chi connectivity index (χ0n) is 20.4. The van der Waals surface area contributed by atoms with Gasteiger partial charge in [-0.1, -0.05) is 68.8 Å². The van der Waals surface area contributed by atoms with Gasteiger partial charge in [0.15, 0.2) is 0 Å². The highest BCUT2D eigenvalue weighted by Crippen LogP contribution is 2.44. The van der Waals surface area contributed by atoms with E-state index in [9.17, 15) is 19.5 Å². The van der Waals surface area contributed by atoms with Crippen LogP contribution in [0.5, 0.6) is 0 Å². The van der Waals surface area contributed by atoms with Gasteiger partial charge < -0.3 is 20.5 Å². The molecule has 3 N–H and O–H groups in total. The summed E-state index contributed by atoms with van der Waals surface area (Å²) in [5.41, 5.74) is 3.35. The summed E-state index contributed by atoms with van der Waals surface area (Å²) in [6, 6.07) is 16.2. The molecule has 2 aromatic carbocycles. The number of hydrogen-bond donors (Lipinski definition) is 3. The van der Waals surface area contributed by atoms with Crippen molar-refractivity contribution in [2.45, 2.75) is 57.4 Å². The molecule has 1 fully saturated rings. The lowest BCUT2D eigenvalue weighted by atomic mass is 9.75. The van der Waals surface area contributed by atoms with Gasteiger partial charge in [0.1, 0.15) is 12.1 Å². The second-order valence-corrected chi connectivity index (χ2v) is 9.84. The molecule has 0 bridgehead atoms. The summed E-state index contributed by atoms with van der Waals surface area (Å²) >= 11 is 0. The molecule has 2 aromatic rings. The quantitative estimate of drug-likeness (QED) is 0.510. The predicted octanol–water partition coefficient (Wildman–Crippen LogP) is 4.70. The molecular weight excluding hydrogens is 444 g/mol. The molecule has 0 aliphatic heterocycles. The van der Waals surface area contributed by atoms with Gasteiger partial charge in [-0.15, -0.1) is 0 Å². The summed E-state index contributed by atoms with van der Waals surface area (Å²) in [7, 11) is 0. The molecule has 0 saturated heterocycles. The summed E-state index contributed by atoms with van der Waals surface area (Å²) < 4.78 is 5.53. The molecule has 0 aromatic heterocycles. The van der Waals surface area contributed by atoms with E-state index in [0.29, 0.717) is 18.8 Å².